The number of hydrogen-bond acceptors (Lipinski definition) is 8. The Balaban J connectivity index is 1.87. The van der Waals surface area contributed by atoms with Gasteiger partial charge in [0, 0.05) is 23.5 Å². The molecule has 1 aromatic heterocycles. The number of benzene rings is 1. The van der Waals surface area contributed by atoms with Gasteiger partial charge in [-0.05, 0) is 39.0 Å². The second kappa shape index (κ2) is 10.9. The lowest BCUT2D eigenvalue weighted by Gasteiger charge is -2.23. The Morgan fingerprint density at radius 1 is 1.12 bits per heavy atom. The summed E-state index contributed by atoms with van der Waals surface area (Å²) in [6.07, 6.45) is -0.0642. The van der Waals surface area contributed by atoms with Crippen molar-refractivity contribution in [2.75, 3.05) is 34.4 Å². The lowest BCUT2D eigenvalue weighted by Crippen LogP contribution is -2.46. The van der Waals surface area contributed by atoms with E-state index in [1.807, 2.05) is 32.9 Å². The number of hydrogen-bond donors (Lipinski definition) is 1. The molecule has 0 unspecified atom stereocenters. The van der Waals surface area contributed by atoms with Gasteiger partial charge in [0.2, 0.25) is 5.91 Å². The van der Waals surface area contributed by atoms with E-state index in [-0.39, 0.29) is 18.9 Å². The van der Waals surface area contributed by atoms with Crippen molar-refractivity contribution in [2.45, 2.75) is 32.7 Å². The highest BCUT2D eigenvalue weighted by atomic mass is 32.1. The van der Waals surface area contributed by atoms with Crippen molar-refractivity contribution in [3.63, 3.8) is 0 Å². The van der Waals surface area contributed by atoms with Gasteiger partial charge in [0.1, 0.15) is 5.01 Å². The minimum Gasteiger partial charge on any atom is -0.493 e. The number of nitrogens with zero attached hydrogens (tertiary/aromatic N) is 2. The maximum absolute atomic E-state index is 12.1. The van der Waals surface area contributed by atoms with Gasteiger partial charge in [0.15, 0.2) is 18.1 Å². The molecule has 1 aromatic carbocycles. The Labute approximate surface area is 191 Å². The third kappa shape index (κ3) is 7.52. The maximum Gasteiger partial charge on any atom is 0.312 e. The minimum atomic E-state index is -0.574. The van der Waals surface area contributed by atoms with E-state index in [0.29, 0.717) is 17.2 Å². The summed E-state index contributed by atoms with van der Waals surface area (Å²) in [6, 6.07) is 5.45. The number of thiazole rings is 1. The van der Waals surface area contributed by atoms with E-state index in [4.69, 9.17) is 14.2 Å². The van der Waals surface area contributed by atoms with Crippen LogP contribution in [0, 0.1) is 0 Å². The molecule has 0 aliphatic rings. The molecule has 174 valence electrons. The third-order valence-electron chi connectivity index (χ3n) is 4.19. The Morgan fingerprint density at radius 3 is 2.44 bits per heavy atom. The summed E-state index contributed by atoms with van der Waals surface area (Å²) in [5.41, 5.74) is 0.976. The molecule has 0 radical (unpaired) electrons. The van der Waals surface area contributed by atoms with Gasteiger partial charge in [-0.15, -0.1) is 11.3 Å². The summed E-state index contributed by atoms with van der Waals surface area (Å²) < 4.78 is 15.6. The predicted molar refractivity (Wildman–Crippen MR) is 121 cm³/mol. The van der Waals surface area contributed by atoms with Crippen molar-refractivity contribution in [2.24, 2.45) is 0 Å². The molecule has 32 heavy (non-hydrogen) atoms. The van der Waals surface area contributed by atoms with E-state index in [2.05, 4.69) is 10.3 Å². The summed E-state index contributed by atoms with van der Waals surface area (Å²) in [5.74, 6) is -0.131. The topological polar surface area (TPSA) is 107 Å². The van der Waals surface area contributed by atoms with Crippen molar-refractivity contribution in [1.82, 2.24) is 15.2 Å². The fourth-order valence-electron chi connectivity index (χ4n) is 2.70. The Morgan fingerprint density at radius 2 is 1.81 bits per heavy atom. The summed E-state index contributed by atoms with van der Waals surface area (Å²) in [4.78, 5) is 41.9. The number of carbonyl (C=O) groups excluding carboxylic acids is 3. The molecule has 2 rings (SSSR count). The normalized spacial score (nSPS) is 10.9. The highest BCUT2D eigenvalue weighted by Crippen LogP contribution is 2.33. The molecule has 0 aliphatic heterocycles. The number of esters is 1. The molecular formula is C22H29N3O6S. The summed E-state index contributed by atoms with van der Waals surface area (Å²) in [6.45, 7) is 5.00. The molecule has 9 nitrogen and oxygen atoms in total. The van der Waals surface area contributed by atoms with Crippen LogP contribution in [0.3, 0.4) is 0 Å². The second-order valence-electron chi connectivity index (χ2n) is 8.10. The fourth-order valence-corrected chi connectivity index (χ4v) is 3.52. The molecule has 0 aliphatic carbocycles. The first-order valence-electron chi connectivity index (χ1n) is 9.89. The van der Waals surface area contributed by atoms with Crippen LogP contribution < -0.4 is 14.8 Å². The predicted octanol–water partition coefficient (Wildman–Crippen LogP) is 2.29. The van der Waals surface area contributed by atoms with Crippen LogP contribution in [0.25, 0.3) is 10.6 Å². The van der Waals surface area contributed by atoms with Crippen molar-refractivity contribution in [1.29, 1.82) is 0 Å². The molecule has 0 atom stereocenters. The lowest BCUT2D eigenvalue weighted by atomic mass is 10.1. The number of methoxy groups -OCH3 is 2. The molecule has 2 amide bonds. The van der Waals surface area contributed by atoms with Gasteiger partial charge < -0.3 is 24.4 Å². The fraction of sp³-hybridized carbons (Fsp3) is 0.455. The van der Waals surface area contributed by atoms with E-state index in [9.17, 15) is 14.4 Å². The van der Waals surface area contributed by atoms with Crippen LogP contribution in [0.2, 0.25) is 0 Å². The van der Waals surface area contributed by atoms with E-state index < -0.39 is 24.0 Å². The number of amides is 2. The Kier molecular flexibility index (Phi) is 8.59. The van der Waals surface area contributed by atoms with Gasteiger partial charge in [0.25, 0.3) is 5.91 Å². The number of nitrogens with one attached hydrogen (secondary N) is 1. The molecule has 10 heteroatoms. The first-order chi connectivity index (χ1) is 15.0. The van der Waals surface area contributed by atoms with Crippen LogP contribution in [-0.2, 0) is 25.5 Å². The Bertz CT molecular complexity index is 967. The molecule has 1 heterocycles. The van der Waals surface area contributed by atoms with Gasteiger partial charge in [0.05, 0.1) is 32.9 Å². The zero-order valence-electron chi connectivity index (χ0n) is 19.2. The summed E-state index contributed by atoms with van der Waals surface area (Å²) in [7, 11) is 4.60. The zero-order valence-corrected chi connectivity index (χ0v) is 20.0. The van der Waals surface area contributed by atoms with Crippen LogP contribution in [0.15, 0.2) is 23.6 Å². The van der Waals surface area contributed by atoms with Crippen molar-refractivity contribution in [3.8, 4) is 22.1 Å². The maximum atomic E-state index is 12.1. The molecule has 0 saturated heterocycles. The smallest absolute Gasteiger partial charge is 0.312 e. The highest BCUT2D eigenvalue weighted by Gasteiger charge is 2.19. The monoisotopic (exact) mass is 463 g/mol. The molecular weight excluding hydrogens is 434 g/mol. The first kappa shape index (κ1) is 25.1. The van der Waals surface area contributed by atoms with Crippen LogP contribution in [0.4, 0.5) is 0 Å². The van der Waals surface area contributed by atoms with Gasteiger partial charge >= 0.3 is 5.97 Å². The lowest BCUT2D eigenvalue weighted by molar-refractivity contribution is -0.151. The van der Waals surface area contributed by atoms with Gasteiger partial charge in [-0.1, -0.05) is 0 Å². The molecule has 0 fully saturated rings. The van der Waals surface area contributed by atoms with E-state index in [1.54, 1.807) is 25.7 Å². The number of aromatic nitrogens is 1. The Hall–Kier alpha value is -3.14. The van der Waals surface area contributed by atoms with Crippen LogP contribution in [-0.4, -0.2) is 67.6 Å². The first-order valence-corrected chi connectivity index (χ1v) is 10.8. The number of carbonyl (C=O) groups is 3. The number of likely N-dealkylation sites (N-methyl/N-ethyl adjacent to an activating group) is 1. The summed E-state index contributed by atoms with van der Waals surface area (Å²) >= 11 is 1.38. The molecule has 1 N–H and O–H groups in total. The van der Waals surface area contributed by atoms with Crippen LogP contribution >= 0.6 is 11.3 Å². The van der Waals surface area contributed by atoms with E-state index >= 15 is 0 Å². The van der Waals surface area contributed by atoms with Gasteiger partial charge in [-0.25, -0.2) is 4.98 Å². The molecule has 0 bridgehead atoms. The van der Waals surface area contributed by atoms with Gasteiger partial charge in [-0.3, -0.25) is 14.4 Å². The number of rotatable bonds is 9. The molecule has 0 spiro atoms. The minimum absolute atomic E-state index is 0.0642. The van der Waals surface area contributed by atoms with E-state index in [0.717, 1.165) is 10.6 Å². The summed E-state index contributed by atoms with van der Waals surface area (Å²) in [5, 5.41) is 5.25. The third-order valence-corrected chi connectivity index (χ3v) is 5.13. The SMILES string of the molecule is COc1ccc(-c2nc(CC(=O)OCC(=O)N(C)CC(=O)NC(C)(C)C)cs2)cc1OC. The number of ether oxygens (including phenoxy) is 3. The van der Waals surface area contributed by atoms with E-state index in [1.165, 1.54) is 23.3 Å². The average Bonchev–Trinajstić information content (AvgIpc) is 3.18. The molecule has 2 aromatic rings. The standard InChI is InChI=1S/C22H29N3O6S/c1-22(2,3)24-18(26)11-25(4)19(27)12-31-20(28)10-15-13-32-21(23-15)14-7-8-16(29-5)17(9-14)30-6/h7-9,13H,10-12H2,1-6H3,(H,24,26). The van der Waals surface area contributed by atoms with Gasteiger partial charge in [-0.2, -0.15) is 0 Å². The largest absolute Gasteiger partial charge is 0.493 e. The zero-order chi connectivity index (χ0) is 23.9. The molecule has 0 saturated carbocycles. The van der Waals surface area contributed by atoms with Crippen LogP contribution in [0.5, 0.6) is 11.5 Å². The second-order valence-corrected chi connectivity index (χ2v) is 8.96. The quantitative estimate of drug-likeness (QED) is 0.569. The van der Waals surface area contributed by atoms with Crippen molar-refractivity contribution >= 4 is 29.1 Å². The average molecular weight is 464 g/mol. The van der Waals surface area contributed by atoms with Crippen molar-refractivity contribution < 1.29 is 28.6 Å². The van der Waals surface area contributed by atoms with Crippen molar-refractivity contribution in [3.05, 3.63) is 29.3 Å². The highest BCUT2D eigenvalue weighted by molar-refractivity contribution is 7.13. The van der Waals surface area contributed by atoms with Crippen LogP contribution in [0.1, 0.15) is 26.5 Å².